The van der Waals surface area contributed by atoms with Gasteiger partial charge in [0.05, 0.1) is 30.1 Å². The number of fused-ring (bicyclic) bond motifs is 1. The second-order valence-corrected chi connectivity index (χ2v) is 7.13. The minimum absolute atomic E-state index is 0.0199. The van der Waals surface area contributed by atoms with Crippen LogP contribution in [0, 0.1) is 11.7 Å². The van der Waals surface area contributed by atoms with E-state index in [1.807, 2.05) is 0 Å². The highest BCUT2D eigenvalue weighted by atomic mass is 19.1. The Bertz CT molecular complexity index is 876. The lowest BCUT2D eigenvalue weighted by atomic mass is 9.81. The summed E-state index contributed by atoms with van der Waals surface area (Å²) in [7, 11) is 0. The summed E-state index contributed by atoms with van der Waals surface area (Å²) in [5.74, 6) is -0.929. The third-order valence-electron chi connectivity index (χ3n) is 5.19. The van der Waals surface area contributed by atoms with Crippen molar-refractivity contribution in [3.05, 3.63) is 47.5 Å². The molecule has 2 N–H and O–H groups in total. The number of carbonyl (C=O) groups is 2. The fraction of sp³-hybridized carbons (Fsp3) is 0.421. The molecule has 0 saturated heterocycles. The SMILES string of the molecule is O=C(Nc1cccc(F)c1)c1cnn2c1CN(C(=O)C1CC(O)C1)CCC2. The molecule has 27 heavy (non-hydrogen) atoms. The number of rotatable bonds is 3. The van der Waals surface area contributed by atoms with Crippen LogP contribution in [0.2, 0.25) is 0 Å². The average Bonchev–Trinajstić information content (AvgIpc) is 2.88. The highest BCUT2D eigenvalue weighted by Gasteiger charge is 2.37. The van der Waals surface area contributed by atoms with Gasteiger partial charge in [-0.3, -0.25) is 14.3 Å². The molecule has 1 aromatic heterocycles. The quantitative estimate of drug-likeness (QED) is 0.860. The lowest BCUT2D eigenvalue weighted by Gasteiger charge is -2.34. The number of nitrogens with one attached hydrogen (secondary N) is 1. The average molecular weight is 372 g/mol. The van der Waals surface area contributed by atoms with E-state index in [9.17, 15) is 19.1 Å². The zero-order valence-electron chi connectivity index (χ0n) is 14.8. The van der Waals surface area contributed by atoms with Crippen LogP contribution in [0.4, 0.5) is 10.1 Å². The molecule has 1 saturated carbocycles. The molecular formula is C19H21FN4O3. The highest BCUT2D eigenvalue weighted by molar-refractivity contribution is 6.05. The molecule has 0 bridgehead atoms. The first-order valence-corrected chi connectivity index (χ1v) is 9.09. The fourth-order valence-electron chi connectivity index (χ4n) is 3.63. The number of carbonyl (C=O) groups excluding carboxylic acids is 2. The van der Waals surface area contributed by atoms with Gasteiger partial charge >= 0.3 is 0 Å². The standard InChI is InChI=1S/C19H21FN4O3/c20-13-3-1-4-14(9-13)22-18(26)16-10-21-24-6-2-5-23(11-17(16)24)19(27)12-7-15(25)8-12/h1,3-4,9-10,12,15,25H,2,5-8,11H2,(H,22,26). The van der Waals surface area contributed by atoms with Crippen LogP contribution in [-0.2, 0) is 17.9 Å². The van der Waals surface area contributed by atoms with Crippen LogP contribution in [-0.4, -0.2) is 44.3 Å². The number of benzene rings is 1. The molecule has 2 aliphatic rings. The molecular weight excluding hydrogens is 351 g/mol. The van der Waals surface area contributed by atoms with Gasteiger partial charge in [0.15, 0.2) is 0 Å². The van der Waals surface area contributed by atoms with Gasteiger partial charge in [-0.15, -0.1) is 0 Å². The summed E-state index contributed by atoms with van der Waals surface area (Å²) >= 11 is 0. The molecule has 2 amide bonds. The minimum Gasteiger partial charge on any atom is -0.393 e. The van der Waals surface area contributed by atoms with Crippen LogP contribution >= 0.6 is 0 Å². The molecule has 8 heteroatoms. The number of aryl methyl sites for hydroxylation is 1. The second-order valence-electron chi connectivity index (χ2n) is 7.13. The molecule has 2 aromatic rings. The Balaban J connectivity index is 1.52. The Labute approximate surface area is 155 Å². The second kappa shape index (κ2) is 7.11. The highest BCUT2D eigenvalue weighted by Crippen LogP contribution is 2.30. The van der Waals surface area contributed by atoms with Crippen LogP contribution in [0.5, 0.6) is 0 Å². The Morgan fingerprint density at radius 2 is 2.07 bits per heavy atom. The van der Waals surface area contributed by atoms with Crippen molar-refractivity contribution >= 4 is 17.5 Å². The van der Waals surface area contributed by atoms with Gasteiger partial charge in [-0.1, -0.05) is 6.07 Å². The van der Waals surface area contributed by atoms with E-state index in [0.29, 0.717) is 49.4 Å². The van der Waals surface area contributed by atoms with Crippen molar-refractivity contribution in [2.75, 3.05) is 11.9 Å². The van der Waals surface area contributed by atoms with Crippen molar-refractivity contribution < 1.29 is 19.1 Å². The van der Waals surface area contributed by atoms with Gasteiger partial charge in [0.25, 0.3) is 5.91 Å². The zero-order valence-corrected chi connectivity index (χ0v) is 14.8. The molecule has 1 aromatic carbocycles. The van der Waals surface area contributed by atoms with Crippen LogP contribution in [0.25, 0.3) is 0 Å². The summed E-state index contributed by atoms with van der Waals surface area (Å²) < 4.78 is 15.1. The number of aromatic nitrogens is 2. The first kappa shape index (κ1) is 17.7. The maximum Gasteiger partial charge on any atom is 0.259 e. The predicted molar refractivity (Wildman–Crippen MR) is 95.3 cm³/mol. The van der Waals surface area contributed by atoms with Crippen molar-refractivity contribution in [1.29, 1.82) is 0 Å². The number of hydrogen-bond donors (Lipinski definition) is 2. The molecule has 1 fully saturated rings. The summed E-state index contributed by atoms with van der Waals surface area (Å²) in [6.45, 7) is 1.52. The normalized spacial score (nSPS) is 21.8. The van der Waals surface area contributed by atoms with E-state index in [2.05, 4.69) is 10.4 Å². The van der Waals surface area contributed by atoms with E-state index < -0.39 is 5.82 Å². The van der Waals surface area contributed by atoms with Crippen LogP contribution in [0.1, 0.15) is 35.3 Å². The Hall–Kier alpha value is -2.74. The largest absolute Gasteiger partial charge is 0.393 e. The molecule has 0 radical (unpaired) electrons. The van der Waals surface area contributed by atoms with Gasteiger partial charge in [-0.2, -0.15) is 5.10 Å². The number of halogens is 1. The predicted octanol–water partition coefficient (Wildman–Crippen LogP) is 1.78. The maximum atomic E-state index is 13.3. The Kier molecular flexibility index (Phi) is 4.65. The van der Waals surface area contributed by atoms with Gasteiger partial charge in [0, 0.05) is 24.7 Å². The fourth-order valence-corrected chi connectivity index (χ4v) is 3.63. The summed E-state index contributed by atoms with van der Waals surface area (Å²) in [6, 6.07) is 5.69. The van der Waals surface area contributed by atoms with Gasteiger partial charge < -0.3 is 15.3 Å². The minimum atomic E-state index is -0.430. The van der Waals surface area contributed by atoms with Crippen molar-refractivity contribution in [1.82, 2.24) is 14.7 Å². The van der Waals surface area contributed by atoms with E-state index in [-0.39, 0.29) is 23.8 Å². The zero-order chi connectivity index (χ0) is 19.0. The van der Waals surface area contributed by atoms with Gasteiger partial charge in [0.2, 0.25) is 5.91 Å². The molecule has 0 atom stereocenters. The Morgan fingerprint density at radius 1 is 1.26 bits per heavy atom. The smallest absolute Gasteiger partial charge is 0.259 e. The maximum absolute atomic E-state index is 13.3. The van der Waals surface area contributed by atoms with E-state index in [4.69, 9.17) is 0 Å². The molecule has 7 nitrogen and oxygen atoms in total. The summed E-state index contributed by atoms with van der Waals surface area (Å²) in [5, 5.41) is 16.4. The summed E-state index contributed by atoms with van der Waals surface area (Å²) in [4.78, 5) is 27.1. The van der Waals surface area contributed by atoms with Crippen LogP contribution in [0.3, 0.4) is 0 Å². The van der Waals surface area contributed by atoms with Gasteiger partial charge in [-0.25, -0.2) is 4.39 Å². The molecule has 0 unspecified atom stereocenters. The first-order valence-electron chi connectivity index (χ1n) is 9.09. The van der Waals surface area contributed by atoms with E-state index in [1.54, 1.807) is 15.6 Å². The van der Waals surface area contributed by atoms with Gasteiger partial charge in [0.1, 0.15) is 5.82 Å². The van der Waals surface area contributed by atoms with E-state index in [1.165, 1.54) is 24.4 Å². The lowest BCUT2D eigenvalue weighted by Crippen LogP contribution is -2.43. The first-order chi connectivity index (χ1) is 13.0. The third kappa shape index (κ3) is 3.57. The molecule has 142 valence electrons. The lowest BCUT2D eigenvalue weighted by molar-refractivity contribution is -0.143. The molecule has 0 spiro atoms. The summed E-state index contributed by atoms with van der Waals surface area (Å²) in [5.41, 5.74) is 1.42. The molecule has 1 aliphatic heterocycles. The number of amides is 2. The monoisotopic (exact) mass is 372 g/mol. The number of anilines is 1. The Morgan fingerprint density at radius 3 is 2.81 bits per heavy atom. The van der Waals surface area contributed by atoms with Crippen molar-refractivity contribution in [3.63, 3.8) is 0 Å². The van der Waals surface area contributed by atoms with Crippen LogP contribution < -0.4 is 5.32 Å². The van der Waals surface area contributed by atoms with Crippen LogP contribution in [0.15, 0.2) is 30.5 Å². The van der Waals surface area contributed by atoms with Gasteiger partial charge in [-0.05, 0) is 37.5 Å². The number of aliphatic hydroxyl groups excluding tert-OH is 1. The van der Waals surface area contributed by atoms with Crippen molar-refractivity contribution in [2.24, 2.45) is 5.92 Å². The van der Waals surface area contributed by atoms with E-state index >= 15 is 0 Å². The molecule has 1 aliphatic carbocycles. The van der Waals surface area contributed by atoms with E-state index in [0.717, 1.165) is 6.42 Å². The number of aliphatic hydroxyl groups is 1. The van der Waals surface area contributed by atoms with Crippen molar-refractivity contribution in [3.8, 4) is 0 Å². The summed E-state index contributed by atoms with van der Waals surface area (Å²) in [6.07, 6.45) is 2.86. The molecule has 4 rings (SSSR count). The third-order valence-corrected chi connectivity index (χ3v) is 5.19. The van der Waals surface area contributed by atoms with Crippen molar-refractivity contribution in [2.45, 2.75) is 38.5 Å². The topological polar surface area (TPSA) is 87.5 Å². The number of nitrogens with zero attached hydrogens (tertiary/aromatic N) is 3. The number of hydrogen-bond acceptors (Lipinski definition) is 4. The molecule has 2 heterocycles.